The Morgan fingerprint density at radius 3 is 2.67 bits per heavy atom. The highest BCUT2D eigenvalue weighted by Crippen LogP contribution is 2.35. The summed E-state index contributed by atoms with van der Waals surface area (Å²) in [5.41, 5.74) is 4.56. The number of carbonyl (C=O) groups excluding carboxylic acids is 1. The van der Waals surface area contributed by atoms with Crippen LogP contribution in [0.15, 0.2) is 36.4 Å². The van der Waals surface area contributed by atoms with Crippen molar-refractivity contribution < 1.29 is 14.3 Å². The standard InChI is InChI=1S/C22H26N2O3/c1-15-4-6-18-16(12-15)14-24(9-8-22(18,2)3)21(25)23-17-5-7-19-20(13-17)27-11-10-26-19/h4-7,12-13H,8-11,14H2,1-3H3,(H,23,25). The van der Waals surface area contributed by atoms with Crippen molar-refractivity contribution in [2.24, 2.45) is 0 Å². The van der Waals surface area contributed by atoms with Gasteiger partial charge in [0.25, 0.3) is 0 Å². The van der Waals surface area contributed by atoms with E-state index in [1.54, 1.807) is 0 Å². The summed E-state index contributed by atoms with van der Waals surface area (Å²) in [6.45, 7) is 9.03. The predicted octanol–water partition coefficient (Wildman–Crippen LogP) is 4.48. The zero-order valence-corrected chi connectivity index (χ0v) is 16.2. The lowest BCUT2D eigenvalue weighted by Crippen LogP contribution is -2.35. The minimum atomic E-state index is -0.0863. The number of benzene rings is 2. The number of rotatable bonds is 1. The number of anilines is 1. The van der Waals surface area contributed by atoms with Crippen LogP contribution in [0.1, 0.15) is 37.0 Å². The van der Waals surface area contributed by atoms with Gasteiger partial charge in [0.05, 0.1) is 0 Å². The number of hydrogen-bond acceptors (Lipinski definition) is 3. The smallest absolute Gasteiger partial charge is 0.322 e. The van der Waals surface area contributed by atoms with E-state index in [9.17, 15) is 4.79 Å². The second kappa shape index (κ2) is 6.80. The van der Waals surface area contributed by atoms with E-state index in [-0.39, 0.29) is 11.4 Å². The quantitative estimate of drug-likeness (QED) is 0.809. The first kappa shape index (κ1) is 17.7. The molecule has 142 valence electrons. The monoisotopic (exact) mass is 366 g/mol. The van der Waals surface area contributed by atoms with Crippen LogP contribution >= 0.6 is 0 Å². The molecule has 0 radical (unpaired) electrons. The average molecular weight is 366 g/mol. The summed E-state index contributed by atoms with van der Waals surface area (Å²) in [7, 11) is 0. The van der Waals surface area contributed by atoms with Gasteiger partial charge in [-0.2, -0.15) is 0 Å². The van der Waals surface area contributed by atoms with Crippen LogP contribution < -0.4 is 14.8 Å². The second-order valence-electron chi connectivity index (χ2n) is 8.00. The summed E-state index contributed by atoms with van der Waals surface area (Å²) in [6.07, 6.45) is 0.928. The van der Waals surface area contributed by atoms with Gasteiger partial charge in [-0.25, -0.2) is 4.79 Å². The number of urea groups is 1. The summed E-state index contributed by atoms with van der Waals surface area (Å²) in [4.78, 5) is 14.8. The average Bonchev–Trinajstić information content (AvgIpc) is 2.77. The van der Waals surface area contributed by atoms with Gasteiger partial charge < -0.3 is 19.7 Å². The Hall–Kier alpha value is -2.69. The maximum atomic E-state index is 12.9. The first-order valence-electron chi connectivity index (χ1n) is 9.48. The molecule has 2 aliphatic rings. The van der Waals surface area contributed by atoms with Gasteiger partial charge >= 0.3 is 6.03 Å². The van der Waals surface area contributed by atoms with Gasteiger partial charge in [0, 0.05) is 24.8 Å². The molecule has 2 aromatic rings. The van der Waals surface area contributed by atoms with Gasteiger partial charge in [-0.15, -0.1) is 0 Å². The molecular weight excluding hydrogens is 340 g/mol. The van der Waals surface area contributed by atoms with Crippen LogP contribution in [0.25, 0.3) is 0 Å². The van der Waals surface area contributed by atoms with Gasteiger partial charge in [-0.05, 0) is 42.0 Å². The minimum absolute atomic E-state index is 0.0507. The number of aryl methyl sites for hydroxylation is 1. The van der Waals surface area contributed by atoms with Gasteiger partial charge in [-0.1, -0.05) is 37.6 Å². The van der Waals surface area contributed by atoms with E-state index in [0.717, 1.165) is 24.4 Å². The van der Waals surface area contributed by atoms with Crippen LogP contribution in [0.3, 0.4) is 0 Å². The second-order valence-corrected chi connectivity index (χ2v) is 8.00. The Labute approximate surface area is 160 Å². The van der Waals surface area contributed by atoms with E-state index in [1.807, 2.05) is 23.1 Å². The summed E-state index contributed by atoms with van der Waals surface area (Å²) < 4.78 is 11.1. The molecule has 0 fully saturated rings. The van der Waals surface area contributed by atoms with Crippen molar-refractivity contribution in [2.75, 3.05) is 25.1 Å². The molecule has 27 heavy (non-hydrogen) atoms. The largest absolute Gasteiger partial charge is 0.486 e. The molecule has 5 heteroatoms. The molecule has 2 aromatic carbocycles. The molecule has 0 unspecified atom stereocenters. The number of nitrogens with one attached hydrogen (secondary N) is 1. The van der Waals surface area contributed by atoms with Crippen LogP contribution in [-0.2, 0) is 12.0 Å². The predicted molar refractivity (Wildman–Crippen MR) is 106 cm³/mol. The SMILES string of the molecule is Cc1ccc2c(c1)CN(C(=O)Nc1ccc3c(c1)OCCO3)CCC2(C)C. The van der Waals surface area contributed by atoms with Gasteiger partial charge in [0.2, 0.25) is 0 Å². The molecule has 0 saturated heterocycles. The number of amides is 2. The summed E-state index contributed by atoms with van der Waals surface area (Å²) >= 11 is 0. The van der Waals surface area contributed by atoms with E-state index in [4.69, 9.17) is 9.47 Å². The Morgan fingerprint density at radius 1 is 1.07 bits per heavy atom. The first-order chi connectivity index (χ1) is 12.9. The van der Waals surface area contributed by atoms with E-state index in [1.165, 1.54) is 16.7 Å². The van der Waals surface area contributed by atoms with Crippen molar-refractivity contribution in [1.29, 1.82) is 0 Å². The van der Waals surface area contributed by atoms with Crippen LogP contribution in [0, 0.1) is 6.92 Å². The summed E-state index contributed by atoms with van der Waals surface area (Å²) in [5.74, 6) is 1.40. The zero-order valence-electron chi connectivity index (χ0n) is 16.2. The van der Waals surface area contributed by atoms with Crippen molar-refractivity contribution in [2.45, 2.75) is 39.2 Å². The molecule has 2 amide bonds. The topological polar surface area (TPSA) is 50.8 Å². The third kappa shape index (κ3) is 3.59. The third-order valence-electron chi connectivity index (χ3n) is 5.44. The molecule has 5 nitrogen and oxygen atoms in total. The summed E-state index contributed by atoms with van der Waals surface area (Å²) in [6, 6.07) is 12.0. The molecule has 1 N–H and O–H groups in total. The highest BCUT2D eigenvalue weighted by atomic mass is 16.6. The normalized spacial score (nSPS) is 17.7. The molecule has 0 atom stereocenters. The van der Waals surface area contributed by atoms with Crippen LogP contribution in [-0.4, -0.2) is 30.7 Å². The van der Waals surface area contributed by atoms with Crippen molar-refractivity contribution >= 4 is 11.7 Å². The van der Waals surface area contributed by atoms with Gasteiger partial charge in [0.15, 0.2) is 11.5 Å². The molecule has 0 bridgehead atoms. The molecule has 2 heterocycles. The Bertz CT molecular complexity index is 876. The maximum absolute atomic E-state index is 12.9. The van der Waals surface area contributed by atoms with E-state index in [0.29, 0.717) is 25.5 Å². The van der Waals surface area contributed by atoms with E-state index < -0.39 is 0 Å². The molecule has 0 spiro atoms. The fourth-order valence-electron chi connectivity index (χ4n) is 3.84. The van der Waals surface area contributed by atoms with Gasteiger partial charge in [-0.3, -0.25) is 0 Å². The number of ether oxygens (including phenoxy) is 2. The zero-order chi connectivity index (χ0) is 19.0. The van der Waals surface area contributed by atoms with Crippen LogP contribution in [0.5, 0.6) is 11.5 Å². The first-order valence-corrected chi connectivity index (χ1v) is 9.48. The lowest BCUT2D eigenvalue weighted by atomic mass is 9.79. The molecular formula is C22H26N2O3. The Morgan fingerprint density at radius 2 is 1.85 bits per heavy atom. The number of fused-ring (bicyclic) bond motifs is 2. The van der Waals surface area contributed by atoms with Crippen molar-refractivity contribution in [3.05, 3.63) is 53.1 Å². The molecule has 2 aliphatic heterocycles. The van der Waals surface area contributed by atoms with Crippen LogP contribution in [0.4, 0.5) is 10.5 Å². The third-order valence-corrected chi connectivity index (χ3v) is 5.44. The number of hydrogen-bond donors (Lipinski definition) is 1. The number of carbonyl (C=O) groups is 1. The van der Waals surface area contributed by atoms with Gasteiger partial charge in [0.1, 0.15) is 13.2 Å². The maximum Gasteiger partial charge on any atom is 0.322 e. The van der Waals surface area contributed by atoms with Crippen molar-refractivity contribution in [3.8, 4) is 11.5 Å². The highest BCUT2D eigenvalue weighted by Gasteiger charge is 2.30. The van der Waals surface area contributed by atoms with E-state index >= 15 is 0 Å². The van der Waals surface area contributed by atoms with Crippen molar-refractivity contribution in [3.63, 3.8) is 0 Å². The fraction of sp³-hybridized carbons (Fsp3) is 0.409. The minimum Gasteiger partial charge on any atom is -0.486 e. The van der Waals surface area contributed by atoms with Crippen LogP contribution in [0.2, 0.25) is 0 Å². The molecule has 4 rings (SSSR count). The van der Waals surface area contributed by atoms with E-state index in [2.05, 4.69) is 44.3 Å². The van der Waals surface area contributed by atoms with Crippen molar-refractivity contribution in [1.82, 2.24) is 4.90 Å². The fourth-order valence-corrected chi connectivity index (χ4v) is 3.84. The lowest BCUT2D eigenvalue weighted by Gasteiger charge is -2.25. The lowest BCUT2D eigenvalue weighted by molar-refractivity contribution is 0.171. The number of nitrogens with zero attached hydrogens (tertiary/aromatic N) is 1. The highest BCUT2D eigenvalue weighted by molar-refractivity contribution is 5.89. The molecule has 0 saturated carbocycles. The Balaban J connectivity index is 1.54. The molecule has 0 aromatic heterocycles. The summed E-state index contributed by atoms with van der Waals surface area (Å²) in [5, 5.41) is 3.01. The molecule has 0 aliphatic carbocycles. The Kier molecular flexibility index (Phi) is 4.46.